The maximum Gasteiger partial charge on any atom is 0.0763 e. The van der Waals surface area contributed by atoms with Crippen LogP contribution in [-0.4, -0.2) is 24.9 Å². The first-order valence-electron chi connectivity index (χ1n) is 11.8. The van der Waals surface area contributed by atoms with Crippen LogP contribution in [0, 0.1) is 6.92 Å². The lowest BCUT2D eigenvalue weighted by Crippen LogP contribution is -1.98. The molecule has 0 aliphatic heterocycles. The van der Waals surface area contributed by atoms with E-state index in [2.05, 4.69) is 28.3 Å². The van der Waals surface area contributed by atoms with Gasteiger partial charge in [-0.15, -0.1) is 0 Å². The molecule has 6 rings (SSSR count). The van der Waals surface area contributed by atoms with E-state index in [0.29, 0.717) is 15.7 Å². The van der Waals surface area contributed by atoms with Crippen LogP contribution in [0.4, 0.5) is 0 Å². The third-order valence-electron chi connectivity index (χ3n) is 6.79. The molecular weight excluding hydrogens is 503 g/mol. The molecule has 0 amide bonds. The van der Waals surface area contributed by atoms with Gasteiger partial charge < -0.3 is 5.11 Å². The Balaban J connectivity index is 1.48. The van der Waals surface area contributed by atoms with Crippen molar-refractivity contribution in [1.29, 1.82) is 0 Å². The van der Waals surface area contributed by atoms with Gasteiger partial charge in [-0.05, 0) is 66.1 Å². The van der Waals surface area contributed by atoms with Crippen LogP contribution in [0.3, 0.4) is 0 Å². The number of aliphatic hydroxyl groups excluding tert-OH is 1. The zero-order valence-electron chi connectivity index (χ0n) is 20.2. The number of halogens is 2. The van der Waals surface area contributed by atoms with E-state index in [1.54, 1.807) is 6.20 Å². The normalized spacial score (nSPS) is 11.5. The van der Waals surface area contributed by atoms with Crippen LogP contribution < -0.4 is 0 Å². The maximum atomic E-state index is 10.3. The number of hydrogen-bond donors (Lipinski definition) is 1. The van der Waals surface area contributed by atoms with E-state index in [4.69, 9.17) is 28.2 Å². The van der Waals surface area contributed by atoms with Crippen molar-refractivity contribution >= 4 is 45.0 Å². The van der Waals surface area contributed by atoms with Crippen LogP contribution in [0.25, 0.3) is 55.4 Å². The lowest BCUT2D eigenvalue weighted by atomic mass is 9.95. The predicted octanol–water partition coefficient (Wildman–Crippen LogP) is 7.63. The van der Waals surface area contributed by atoms with E-state index in [9.17, 15) is 5.11 Å². The van der Waals surface area contributed by atoms with Crippen LogP contribution >= 0.6 is 23.2 Å². The highest BCUT2D eigenvalue weighted by molar-refractivity contribution is 6.36. The summed E-state index contributed by atoms with van der Waals surface area (Å²) < 4.78 is 1.85. The second-order valence-electron chi connectivity index (χ2n) is 9.03. The summed E-state index contributed by atoms with van der Waals surface area (Å²) in [6, 6.07) is 21.6. The highest BCUT2D eigenvalue weighted by Gasteiger charge is 2.17. The second-order valence-corrected chi connectivity index (χ2v) is 9.84. The highest BCUT2D eigenvalue weighted by Crippen LogP contribution is 2.38. The Morgan fingerprint density at radius 1 is 0.892 bits per heavy atom. The zero-order valence-corrected chi connectivity index (χ0v) is 21.7. The van der Waals surface area contributed by atoms with Crippen molar-refractivity contribution in [2.75, 3.05) is 0 Å². The van der Waals surface area contributed by atoms with Crippen LogP contribution in [0.1, 0.15) is 11.1 Å². The first-order chi connectivity index (χ1) is 17.9. The largest absolute Gasteiger partial charge is 0.392 e. The molecule has 3 aromatic heterocycles. The molecule has 37 heavy (non-hydrogen) atoms. The van der Waals surface area contributed by atoms with Gasteiger partial charge in [-0.25, -0.2) is 4.98 Å². The van der Waals surface area contributed by atoms with Crippen molar-refractivity contribution < 1.29 is 5.11 Å². The molecule has 6 aromatic rings. The fourth-order valence-corrected chi connectivity index (χ4v) is 5.32. The number of benzene rings is 3. The standard InChI is InChI=1S/C30H22Cl2N4O/c1-17-28(32)24-14-18(23-10-11-33-30(25(23)16-37)19-4-3-5-22(31)13-19)6-8-26(24)35-29(17)20-7-9-27-21(12-20)15-34-36(27)2/h3-15,37H,16H2,1-2H3. The molecule has 182 valence electrons. The number of nitrogens with zero attached hydrogens (tertiary/aromatic N) is 4. The van der Waals surface area contributed by atoms with Gasteiger partial charge in [0.25, 0.3) is 0 Å². The summed E-state index contributed by atoms with van der Waals surface area (Å²) in [5, 5.41) is 17.8. The number of hydrogen-bond acceptors (Lipinski definition) is 4. The Morgan fingerprint density at radius 2 is 1.70 bits per heavy atom. The first kappa shape index (κ1) is 23.6. The van der Waals surface area contributed by atoms with Crippen molar-refractivity contribution in [2.45, 2.75) is 13.5 Å². The number of aromatic nitrogens is 4. The lowest BCUT2D eigenvalue weighted by molar-refractivity contribution is 0.282. The summed E-state index contributed by atoms with van der Waals surface area (Å²) in [6.07, 6.45) is 3.60. The van der Waals surface area contributed by atoms with Gasteiger partial charge in [0.05, 0.1) is 40.2 Å². The van der Waals surface area contributed by atoms with Crippen LogP contribution in [-0.2, 0) is 13.7 Å². The number of rotatable bonds is 4. The Kier molecular flexibility index (Phi) is 5.92. The van der Waals surface area contributed by atoms with Crippen molar-refractivity contribution in [3.05, 3.63) is 100 Å². The molecule has 0 spiro atoms. The maximum absolute atomic E-state index is 10.3. The monoisotopic (exact) mass is 524 g/mol. The Hall–Kier alpha value is -3.77. The SMILES string of the molecule is Cc1c(-c2ccc3c(cnn3C)c2)nc2ccc(-c3ccnc(-c4cccc(Cl)c4)c3CO)cc2c1Cl. The fourth-order valence-electron chi connectivity index (χ4n) is 4.89. The molecule has 3 heterocycles. The minimum absolute atomic E-state index is 0.163. The third kappa shape index (κ3) is 4.05. The Morgan fingerprint density at radius 3 is 2.51 bits per heavy atom. The molecule has 0 unspecified atom stereocenters. The smallest absolute Gasteiger partial charge is 0.0763 e. The van der Waals surface area contributed by atoms with Crippen molar-refractivity contribution in [1.82, 2.24) is 19.7 Å². The van der Waals surface area contributed by atoms with E-state index in [1.807, 2.05) is 73.4 Å². The highest BCUT2D eigenvalue weighted by atomic mass is 35.5. The third-order valence-corrected chi connectivity index (χ3v) is 7.51. The number of aliphatic hydroxyl groups is 1. The van der Waals surface area contributed by atoms with E-state index >= 15 is 0 Å². The summed E-state index contributed by atoms with van der Waals surface area (Å²) in [5.74, 6) is 0. The average molecular weight is 525 g/mol. The molecule has 0 saturated carbocycles. The van der Waals surface area contributed by atoms with Crippen LogP contribution in [0.15, 0.2) is 79.1 Å². The van der Waals surface area contributed by atoms with Crippen molar-refractivity contribution in [3.63, 3.8) is 0 Å². The molecule has 1 N–H and O–H groups in total. The van der Waals surface area contributed by atoms with E-state index in [-0.39, 0.29) is 6.61 Å². The van der Waals surface area contributed by atoms with Gasteiger partial charge in [-0.2, -0.15) is 5.10 Å². The van der Waals surface area contributed by atoms with Crippen molar-refractivity contribution in [2.24, 2.45) is 7.05 Å². The Bertz CT molecular complexity index is 1830. The summed E-state index contributed by atoms with van der Waals surface area (Å²) >= 11 is 13.2. The van der Waals surface area contributed by atoms with Crippen LogP contribution in [0.2, 0.25) is 10.0 Å². The molecule has 0 bridgehead atoms. The molecule has 0 fully saturated rings. The summed E-state index contributed by atoms with van der Waals surface area (Å²) in [7, 11) is 1.93. The summed E-state index contributed by atoms with van der Waals surface area (Å²) in [6.45, 7) is 1.83. The van der Waals surface area contributed by atoms with E-state index in [1.165, 1.54) is 0 Å². The van der Waals surface area contributed by atoms with Gasteiger partial charge in [0, 0.05) is 45.7 Å². The second kappa shape index (κ2) is 9.27. The minimum atomic E-state index is -0.163. The van der Waals surface area contributed by atoms with E-state index < -0.39 is 0 Å². The number of fused-ring (bicyclic) bond motifs is 2. The predicted molar refractivity (Wildman–Crippen MR) is 151 cm³/mol. The van der Waals surface area contributed by atoms with Gasteiger partial charge in [-0.3, -0.25) is 9.67 Å². The molecule has 0 saturated heterocycles. The number of aryl methyl sites for hydroxylation is 1. The molecular formula is C30H22Cl2N4O. The fraction of sp³-hybridized carbons (Fsp3) is 0.100. The molecule has 5 nitrogen and oxygen atoms in total. The van der Waals surface area contributed by atoms with Gasteiger partial charge in [0.1, 0.15) is 0 Å². The molecule has 0 atom stereocenters. The van der Waals surface area contributed by atoms with E-state index in [0.717, 1.165) is 60.9 Å². The average Bonchev–Trinajstić information content (AvgIpc) is 3.29. The summed E-state index contributed by atoms with van der Waals surface area (Å²) in [5.41, 5.74) is 8.70. The minimum Gasteiger partial charge on any atom is -0.392 e. The van der Waals surface area contributed by atoms with Gasteiger partial charge in [-0.1, -0.05) is 47.5 Å². The zero-order chi connectivity index (χ0) is 25.7. The molecule has 7 heteroatoms. The topological polar surface area (TPSA) is 63.8 Å². The quantitative estimate of drug-likeness (QED) is 0.257. The van der Waals surface area contributed by atoms with Gasteiger partial charge in [0.2, 0.25) is 0 Å². The van der Waals surface area contributed by atoms with Gasteiger partial charge >= 0.3 is 0 Å². The van der Waals surface area contributed by atoms with Gasteiger partial charge in [0.15, 0.2) is 0 Å². The molecule has 0 radical (unpaired) electrons. The first-order valence-corrected chi connectivity index (χ1v) is 12.6. The summed E-state index contributed by atoms with van der Waals surface area (Å²) in [4.78, 5) is 9.53. The number of pyridine rings is 2. The molecule has 3 aromatic carbocycles. The Labute approximate surface area is 224 Å². The molecule has 0 aliphatic rings. The van der Waals surface area contributed by atoms with Crippen molar-refractivity contribution in [3.8, 4) is 33.6 Å². The van der Waals surface area contributed by atoms with Crippen LogP contribution in [0.5, 0.6) is 0 Å². The lowest BCUT2D eigenvalue weighted by Gasteiger charge is -2.15. The molecule has 0 aliphatic carbocycles.